The molecule has 2 heterocycles. The molecule has 0 saturated heterocycles. The quantitative estimate of drug-likeness (QED) is 0.421. The van der Waals surface area contributed by atoms with Gasteiger partial charge in [0.25, 0.3) is 5.91 Å². The summed E-state index contributed by atoms with van der Waals surface area (Å²) in [6.45, 7) is 0.0718. The number of halogens is 1. The highest BCUT2D eigenvalue weighted by molar-refractivity contribution is 9.10. The summed E-state index contributed by atoms with van der Waals surface area (Å²) in [5.74, 6) is 2.27. The number of carbonyl (C=O) groups is 1. The van der Waals surface area contributed by atoms with Crippen LogP contribution in [0.15, 0.2) is 39.0 Å². The number of carbonyl (C=O) groups excluding carboxylic acids is 1. The van der Waals surface area contributed by atoms with Gasteiger partial charge in [-0.3, -0.25) is 4.79 Å². The molecule has 0 spiro atoms. The Morgan fingerprint density at radius 1 is 1.15 bits per heavy atom. The molecule has 0 aliphatic carbocycles. The molecule has 2 aromatic rings. The lowest BCUT2D eigenvalue weighted by atomic mass is 10.0. The van der Waals surface area contributed by atoms with Gasteiger partial charge in [0.05, 0.1) is 32.0 Å². The van der Waals surface area contributed by atoms with Crippen molar-refractivity contribution in [2.24, 2.45) is 10.3 Å². The molecule has 0 aromatic heterocycles. The summed E-state index contributed by atoms with van der Waals surface area (Å²) in [4.78, 5) is 17.9. The molecule has 1 N–H and O–H groups in total. The van der Waals surface area contributed by atoms with Gasteiger partial charge >= 0.3 is 0 Å². The van der Waals surface area contributed by atoms with Crippen LogP contribution in [-0.2, 0) is 16.1 Å². The fraction of sp³-hybridized carbons (Fsp3) is 0.318. The Balaban J connectivity index is 1.40. The third-order valence-electron chi connectivity index (χ3n) is 5.09. The number of nitrogens with zero attached hydrogens (tertiary/aromatic N) is 2. The molecule has 2 aliphatic heterocycles. The zero-order chi connectivity index (χ0) is 23.4. The van der Waals surface area contributed by atoms with Crippen LogP contribution in [0.4, 0.5) is 0 Å². The Morgan fingerprint density at radius 2 is 1.85 bits per heavy atom. The summed E-state index contributed by atoms with van der Waals surface area (Å²) < 4.78 is 27.9. The van der Waals surface area contributed by atoms with Crippen molar-refractivity contribution < 1.29 is 33.3 Å². The van der Waals surface area contributed by atoms with Crippen molar-refractivity contribution in [2.75, 3.05) is 28.1 Å². The number of amides is 1. The number of methoxy groups -OCH3 is 3. The third kappa shape index (κ3) is 4.68. The lowest BCUT2D eigenvalue weighted by Gasteiger charge is -2.18. The highest BCUT2D eigenvalue weighted by Gasteiger charge is 2.34. The van der Waals surface area contributed by atoms with Crippen molar-refractivity contribution in [3.05, 3.63) is 39.9 Å². The molecule has 1 amide bonds. The first-order chi connectivity index (χ1) is 16.0. The standard InChI is InChI=1S/C22H22BrN3O7/c1-28-13-6-4-12(5-7-13)10-24-25-22(27)16-9-14(33-26-16)8-15-17(23)19(30-3)21-20(18(15)29-2)31-11-32-21/h4-7,10,14H,8-9,11H2,1-3H3,(H,25,27)/b24-10-. The van der Waals surface area contributed by atoms with Gasteiger partial charge in [0.1, 0.15) is 17.6 Å². The fourth-order valence-corrected chi connectivity index (χ4v) is 4.17. The molecule has 0 saturated carbocycles. The van der Waals surface area contributed by atoms with E-state index in [4.69, 9.17) is 28.5 Å². The lowest BCUT2D eigenvalue weighted by molar-refractivity contribution is -0.114. The zero-order valence-corrected chi connectivity index (χ0v) is 19.8. The fourth-order valence-electron chi connectivity index (χ4n) is 3.49. The van der Waals surface area contributed by atoms with E-state index in [1.807, 2.05) is 12.1 Å². The normalized spacial score (nSPS) is 16.4. The number of hydrogen-bond acceptors (Lipinski definition) is 9. The number of ether oxygens (including phenoxy) is 5. The lowest BCUT2D eigenvalue weighted by Crippen LogP contribution is -2.27. The summed E-state index contributed by atoms with van der Waals surface area (Å²) in [6, 6.07) is 7.26. The molecule has 1 atom stereocenters. The summed E-state index contributed by atoms with van der Waals surface area (Å²) in [5.41, 5.74) is 4.29. The van der Waals surface area contributed by atoms with E-state index in [1.54, 1.807) is 33.5 Å². The van der Waals surface area contributed by atoms with E-state index in [1.165, 1.54) is 6.21 Å². The number of rotatable bonds is 8. The van der Waals surface area contributed by atoms with Crippen LogP contribution < -0.4 is 29.1 Å². The summed E-state index contributed by atoms with van der Waals surface area (Å²) in [6.07, 6.45) is 1.85. The van der Waals surface area contributed by atoms with E-state index in [0.717, 1.165) is 16.9 Å². The minimum Gasteiger partial charge on any atom is -0.497 e. The van der Waals surface area contributed by atoms with Crippen LogP contribution in [-0.4, -0.2) is 52.1 Å². The number of fused-ring (bicyclic) bond motifs is 1. The minimum atomic E-state index is -0.434. The topological polar surface area (TPSA) is 109 Å². The van der Waals surface area contributed by atoms with Gasteiger partial charge in [0.15, 0.2) is 11.5 Å². The molecule has 0 radical (unpaired) electrons. The second kappa shape index (κ2) is 9.99. The number of oxime groups is 1. The monoisotopic (exact) mass is 519 g/mol. The smallest absolute Gasteiger partial charge is 0.289 e. The largest absolute Gasteiger partial charge is 0.497 e. The first-order valence-corrected chi connectivity index (χ1v) is 10.8. The van der Waals surface area contributed by atoms with Crippen molar-refractivity contribution in [1.82, 2.24) is 5.43 Å². The molecule has 2 aliphatic rings. The van der Waals surface area contributed by atoms with E-state index in [9.17, 15) is 4.79 Å². The van der Waals surface area contributed by atoms with Crippen molar-refractivity contribution in [3.63, 3.8) is 0 Å². The second-order valence-electron chi connectivity index (χ2n) is 7.07. The van der Waals surface area contributed by atoms with Crippen LogP contribution in [0, 0.1) is 0 Å². The van der Waals surface area contributed by atoms with Crippen molar-refractivity contribution >= 4 is 33.8 Å². The van der Waals surface area contributed by atoms with Crippen molar-refractivity contribution in [2.45, 2.75) is 18.9 Å². The molecular formula is C22H22BrN3O7. The van der Waals surface area contributed by atoms with E-state index >= 15 is 0 Å². The number of nitrogens with one attached hydrogen (secondary N) is 1. The van der Waals surface area contributed by atoms with E-state index in [-0.39, 0.29) is 18.6 Å². The van der Waals surface area contributed by atoms with E-state index < -0.39 is 5.91 Å². The molecule has 174 valence electrons. The molecule has 0 bridgehead atoms. The number of hydrogen-bond donors (Lipinski definition) is 1. The van der Waals surface area contributed by atoms with Crippen molar-refractivity contribution in [3.8, 4) is 28.7 Å². The predicted octanol–water partition coefficient (Wildman–Crippen LogP) is 3.04. The van der Waals surface area contributed by atoms with Gasteiger partial charge in [0.2, 0.25) is 18.3 Å². The summed E-state index contributed by atoms with van der Waals surface area (Å²) in [7, 11) is 4.69. The molecule has 0 fully saturated rings. The highest BCUT2D eigenvalue weighted by atomic mass is 79.9. The highest BCUT2D eigenvalue weighted by Crippen LogP contribution is 2.54. The van der Waals surface area contributed by atoms with E-state index in [0.29, 0.717) is 40.3 Å². The van der Waals surface area contributed by atoms with Crippen LogP contribution in [0.2, 0.25) is 0 Å². The first kappa shape index (κ1) is 22.7. The molecule has 10 nitrogen and oxygen atoms in total. The Kier molecular flexibility index (Phi) is 6.87. The van der Waals surface area contributed by atoms with E-state index in [2.05, 4.69) is 31.6 Å². The van der Waals surface area contributed by atoms with Gasteiger partial charge < -0.3 is 28.5 Å². The first-order valence-electron chi connectivity index (χ1n) is 9.97. The average Bonchev–Trinajstić information content (AvgIpc) is 3.50. The zero-order valence-electron chi connectivity index (χ0n) is 18.2. The summed E-state index contributed by atoms with van der Waals surface area (Å²) in [5, 5.41) is 7.91. The molecule has 1 unspecified atom stereocenters. The van der Waals surface area contributed by atoms with Gasteiger partial charge in [-0.25, -0.2) is 5.43 Å². The molecular weight excluding hydrogens is 498 g/mol. The number of hydrazone groups is 1. The summed E-state index contributed by atoms with van der Waals surface area (Å²) >= 11 is 3.56. The maximum atomic E-state index is 12.4. The van der Waals surface area contributed by atoms with Crippen LogP contribution in [0.25, 0.3) is 0 Å². The average molecular weight is 520 g/mol. The van der Waals surface area contributed by atoms with Gasteiger partial charge in [-0.05, 0) is 45.8 Å². The Hall–Kier alpha value is -3.47. The van der Waals surface area contributed by atoms with Gasteiger partial charge in [-0.15, -0.1) is 0 Å². The molecule has 33 heavy (non-hydrogen) atoms. The van der Waals surface area contributed by atoms with Crippen LogP contribution in [0.5, 0.6) is 28.7 Å². The Bertz CT molecular complexity index is 1100. The number of benzene rings is 2. The van der Waals surface area contributed by atoms with Gasteiger partial charge in [0, 0.05) is 18.4 Å². The predicted molar refractivity (Wildman–Crippen MR) is 123 cm³/mol. The SMILES string of the molecule is COc1ccc(/C=N\NC(=O)C2=NOC(Cc3c(Br)c(OC)c4c(c3OC)OCO4)C2)cc1. The maximum absolute atomic E-state index is 12.4. The third-order valence-corrected chi connectivity index (χ3v) is 5.93. The van der Waals surface area contributed by atoms with Crippen LogP contribution in [0.1, 0.15) is 17.5 Å². The molecule has 11 heteroatoms. The van der Waals surface area contributed by atoms with Crippen LogP contribution in [0.3, 0.4) is 0 Å². The van der Waals surface area contributed by atoms with Gasteiger partial charge in [-0.2, -0.15) is 5.10 Å². The van der Waals surface area contributed by atoms with Crippen LogP contribution >= 0.6 is 15.9 Å². The maximum Gasteiger partial charge on any atom is 0.289 e. The Morgan fingerprint density at radius 3 is 2.52 bits per heavy atom. The second-order valence-corrected chi connectivity index (χ2v) is 7.86. The molecule has 2 aromatic carbocycles. The van der Waals surface area contributed by atoms with Gasteiger partial charge in [-0.1, -0.05) is 5.16 Å². The Labute approximate surface area is 198 Å². The van der Waals surface area contributed by atoms with Crippen molar-refractivity contribution in [1.29, 1.82) is 0 Å². The minimum absolute atomic E-state index is 0.0718. The molecule has 4 rings (SSSR count).